The van der Waals surface area contributed by atoms with Gasteiger partial charge >= 0.3 is 0 Å². The minimum atomic E-state index is -3.64. The van der Waals surface area contributed by atoms with E-state index in [1.54, 1.807) is 44.2 Å². The van der Waals surface area contributed by atoms with Gasteiger partial charge in [0.25, 0.3) is 0 Å². The number of nitrogens with one attached hydrogen (secondary N) is 1. The molecule has 0 radical (unpaired) electrons. The number of sulfonamides is 1. The number of carbonyl (C=O) groups is 1. The SMILES string of the molecule is CCN(CC)S(=O)(=O)c1ccc(N2CCCC2)c(NC(=O)Cc2ccc(F)cc2)c1. The van der Waals surface area contributed by atoms with Gasteiger partial charge in [-0.25, -0.2) is 12.8 Å². The van der Waals surface area contributed by atoms with Crippen LogP contribution in [0.4, 0.5) is 15.8 Å². The number of rotatable bonds is 8. The third kappa shape index (κ3) is 4.99. The van der Waals surface area contributed by atoms with Crippen molar-refractivity contribution in [1.82, 2.24) is 4.31 Å². The molecule has 0 aliphatic carbocycles. The third-order valence-electron chi connectivity index (χ3n) is 5.31. The van der Waals surface area contributed by atoms with Gasteiger partial charge in [0.2, 0.25) is 15.9 Å². The van der Waals surface area contributed by atoms with Crippen molar-refractivity contribution >= 4 is 27.3 Å². The highest BCUT2D eigenvalue weighted by Gasteiger charge is 2.25. The Morgan fingerprint density at radius 2 is 1.70 bits per heavy atom. The zero-order valence-corrected chi connectivity index (χ0v) is 18.2. The molecule has 162 valence electrons. The number of hydrogen-bond donors (Lipinski definition) is 1. The normalized spacial score (nSPS) is 14.3. The number of nitrogens with zero attached hydrogens (tertiary/aromatic N) is 2. The van der Waals surface area contributed by atoms with Crippen molar-refractivity contribution in [2.24, 2.45) is 0 Å². The van der Waals surface area contributed by atoms with Crippen LogP contribution in [0.3, 0.4) is 0 Å². The van der Waals surface area contributed by atoms with Gasteiger partial charge in [-0.2, -0.15) is 4.31 Å². The first-order valence-electron chi connectivity index (χ1n) is 10.3. The minimum Gasteiger partial charge on any atom is -0.370 e. The molecule has 1 N–H and O–H groups in total. The molecule has 1 amide bonds. The third-order valence-corrected chi connectivity index (χ3v) is 7.36. The van der Waals surface area contributed by atoms with Gasteiger partial charge in [-0.05, 0) is 48.7 Å². The first-order chi connectivity index (χ1) is 14.3. The standard InChI is InChI=1S/C22H28FN3O3S/c1-3-26(4-2)30(28,29)19-11-12-21(25-13-5-6-14-25)20(16-19)24-22(27)15-17-7-9-18(23)10-8-17/h7-12,16H,3-6,13-15H2,1-2H3,(H,24,27). The van der Waals surface area contributed by atoms with Gasteiger partial charge in [0, 0.05) is 26.2 Å². The Morgan fingerprint density at radius 3 is 2.30 bits per heavy atom. The molecule has 3 rings (SSSR count). The van der Waals surface area contributed by atoms with E-state index in [0.29, 0.717) is 24.3 Å². The Hall–Kier alpha value is -2.45. The van der Waals surface area contributed by atoms with Gasteiger partial charge in [-0.1, -0.05) is 26.0 Å². The van der Waals surface area contributed by atoms with Crippen molar-refractivity contribution in [2.75, 3.05) is 36.4 Å². The lowest BCUT2D eigenvalue weighted by atomic mass is 10.1. The van der Waals surface area contributed by atoms with Crippen molar-refractivity contribution in [3.63, 3.8) is 0 Å². The molecule has 2 aromatic carbocycles. The molecule has 0 saturated carbocycles. The summed E-state index contributed by atoms with van der Waals surface area (Å²) in [7, 11) is -3.64. The minimum absolute atomic E-state index is 0.0761. The molecule has 2 aromatic rings. The number of anilines is 2. The number of hydrogen-bond acceptors (Lipinski definition) is 4. The lowest BCUT2D eigenvalue weighted by molar-refractivity contribution is -0.115. The zero-order chi connectivity index (χ0) is 21.7. The maximum Gasteiger partial charge on any atom is 0.243 e. The highest BCUT2D eigenvalue weighted by atomic mass is 32.2. The van der Waals surface area contributed by atoms with Crippen molar-refractivity contribution in [2.45, 2.75) is 38.0 Å². The summed E-state index contributed by atoms with van der Waals surface area (Å²) in [4.78, 5) is 15.0. The first-order valence-corrected chi connectivity index (χ1v) is 11.7. The molecule has 0 atom stereocenters. The van der Waals surface area contributed by atoms with E-state index in [-0.39, 0.29) is 23.0 Å². The molecule has 1 aliphatic rings. The molecule has 30 heavy (non-hydrogen) atoms. The van der Waals surface area contributed by atoms with Gasteiger partial charge in [0.05, 0.1) is 22.7 Å². The summed E-state index contributed by atoms with van der Waals surface area (Å²) >= 11 is 0. The topological polar surface area (TPSA) is 69.7 Å². The Kier molecular flexibility index (Phi) is 7.10. The monoisotopic (exact) mass is 433 g/mol. The second-order valence-corrected chi connectivity index (χ2v) is 9.25. The summed E-state index contributed by atoms with van der Waals surface area (Å²) < 4.78 is 40.4. The number of amides is 1. The summed E-state index contributed by atoms with van der Waals surface area (Å²) in [6.45, 7) is 6.07. The Balaban J connectivity index is 1.90. The summed E-state index contributed by atoms with van der Waals surface area (Å²) in [5.74, 6) is -0.635. The average molecular weight is 434 g/mol. The van der Waals surface area contributed by atoms with Crippen LogP contribution in [-0.2, 0) is 21.2 Å². The predicted molar refractivity (Wildman–Crippen MR) is 117 cm³/mol. The molecule has 0 aromatic heterocycles. The van der Waals surface area contributed by atoms with E-state index in [9.17, 15) is 17.6 Å². The molecule has 0 spiro atoms. The molecule has 1 saturated heterocycles. The molecule has 8 heteroatoms. The summed E-state index contributed by atoms with van der Waals surface area (Å²) in [6, 6.07) is 10.7. The van der Waals surface area contributed by atoms with Crippen LogP contribution in [0.1, 0.15) is 32.3 Å². The van der Waals surface area contributed by atoms with Crippen LogP contribution in [0, 0.1) is 5.82 Å². The highest BCUT2D eigenvalue weighted by molar-refractivity contribution is 7.89. The van der Waals surface area contributed by atoms with Crippen LogP contribution in [0.25, 0.3) is 0 Å². The summed E-state index contributed by atoms with van der Waals surface area (Å²) in [6.07, 6.45) is 2.19. The van der Waals surface area contributed by atoms with E-state index in [1.165, 1.54) is 16.4 Å². The predicted octanol–water partition coefficient (Wildman–Crippen LogP) is 3.64. The second-order valence-electron chi connectivity index (χ2n) is 7.31. The van der Waals surface area contributed by atoms with E-state index in [1.807, 2.05) is 0 Å². The zero-order valence-electron chi connectivity index (χ0n) is 17.4. The van der Waals surface area contributed by atoms with E-state index in [4.69, 9.17) is 0 Å². The molecule has 0 unspecified atom stereocenters. The fraction of sp³-hybridized carbons (Fsp3) is 0.409. The fourth-order valence-electron chi connectivity index (χ4n) is 3.70. The molecule has 1 fully saturated rings. The van der Waals surface area contributed by atoms with Crippen LogP contribution in [0.2, 0.25) is 0 Å². The quantitative estimate of drug-likeness (QED) is 0.690. The molecule has 0 bridgehead atoms. The molecule has 1 aliphatic heterocycles. The maximum atomic E-state index is 13.1. The molecular weight excluding hydrogens is 405 g/mol. The Morgan fingerprint density at radius 1 is 1.07 bits per heavy atom. The highest BCUT2D eigenvalue weighted by Crippen LogP contribution is 2.32. The van der Waals surface area contributed by atoms with Crippen LogP contribution in [0.5, 0.6) is 0 Å². The number of halogens is 1. The van der Waals surface area contributed by atoms with Crippen molar-refractivity contribution in [1.29, 1.82) is 0 Å². The largest absolute Gasteiger partial charge is 0.370 e. The number of carbonyl (C=O) groups excluding carboxylic acids is 1. The van der Waals surface area contributed by atoms with Crippen LogP contribution in [0.15, 0.2) is 47.4 Å². The van der Waals surface area contributed by atoms with Crippen molar-refractivity contribution in [3.8, 4) is 0 Å². The lowest BCUT2D eigenvalue weighted by Crippen LogP contribution is -2.31. The smallest absolute Gasteiger partial charge is 0.243 e. The van der Waals surface area contributed by atoms with Crippen molar-refractivity contribution in [3.05, 3.63) is 53.8 Å². The average Bonchev–Trinajstić information content (AvgIpc) is 3.25. The fourth-order valence-corrected chi connectivity index (χ4v) is 5.19. The van der Waals surface area contributed by atoms with E-state index >= 15 is 0 Å². The molecule has 6 nitrogen and oxygen atoms in total. The Labute approximate surface area is 177 Å². The van der Waals surface area contributed by atoms with Crippen molar-refractivity contribution < 1.29 is 17.6 Å². The van der Waals surface area contributed by atoms with Crippen LogP contribution in [-0.4, -0.2) is 44.8 Å². The second kappa shape index (κ2) is 9.57. The van der Waals surface area contributed by atoms with Crippen LogP contribution < -0.4 is 10.2 Å². The van der Waals surface area contributed by atoms with E-state index in [0.717, 1.165) is 31.6 Å². The lowest BCUT2D eigenvalue weighted by Gasteiger charge is -2.24. The summed E-state index contributed by atoms with van der Waals surface area (Å²) in [5.41, 5.74) is 1.99. The Bertz CT molecular complexity index is 983. The number of benzene rings is 2. The van der Waals surface area contributed by atoms with Gasteiger partial charge in [-0.3, -0.25) is 4.79 Å². The van der Waals surface area contributed by atoms with Gasteiger partial charge < -0.3 is 10.2 Å². The maximum absolute atomic E-state index is 13.1. The van der Waals surface area contributed by atoms with Gasteiger partial charge in [0.1, 0.15) is 5.82 Å². The van der Waals surface area contributed by atoms with Gasteiger partial charge in [0.15, 0.2) is 0 Å². The van der Waals surface area contributed by atoms with Crippen LogP contribution >= 0.6 is 0 Å². The molecular formula is C22H28FN3O3S. The van der Waals surface area contributed by atoms with E-state index in [2.05, 4.69) is 10.2 Å². The first kappa shape index (κ1) is 22.2. The van der Waals surface area contributed by atoms with E-state index < -0.39 is 10.0 Å². The summed E-state index contributed by atoms with van der Waals surface area (Å²) in [5, 5.41) is 2.88. The van der Waals surface area contributed by atoms with Gasteiger partial charge in [-0.15, -0.1) is 0 Å². The molecule has 1 heterocycles.